The van der Waals surface area contributed by atoms with Gasteiger partial charge in [0.25, 0.3) is 0 Å². The van der Waals surface area contributed by atoms with Gasteiger partial charge in [0.1, 0.15) is 18.1 Å². The quantitative estimate of drug-likeness (QED) is 0.181. The van der Waals surface area contributed by atoms with Crippen LogP contribution in [0, 0.1) is 0 Å². The van der Waals surface area contributed by atoms with E-state index in [0.717, 1.165) is 6.42 Å². The molecule has 2 heterocycles. The van der Waals surface area contributed by atoms with Crippen molar-refractivity contribution in [3.05, 3.63) is 18.2 Å². The highest BCUT2D eigenvalue weighted by molar-refractivity contribution is 5.94. The molecule has 0 aliphatic carbocycles. The molecule has 0 aromatic carbocycles. The van der Waals surface area contributed by atoms with E-state index >= 15 is 0 Å². The SMILES string of the molecule is CC(NC(=O)C(CCC(N)=O)NC(=O)C1CCCN1)C(=O)NC(Cc1cnc[nH]1)C(=O)O. The Kier molecular flexibility index (Phi) is 9.13. The van der Waals surface area contributed by atoms with Gasteiger partial charge in [0.2, 0.25) is 23.6 Å². The molecular weight excluding hydrogens is 422 g/mol. The number of H-pyrrole nitrogens is 1. The van der Waals surface area contributed by atoms with Gasteiger partial charge >= 0.3 is 5.97 Å². The fraction of sp³-hybridized carbons (Fsp3) is 0.579. The van der Waals surface area contributed by atoms with Gasteiger partial charge in [0.15, 0.2) is 0 Å². The molecule has 0 saturated carbocycles. The highest BCUT2D eigenvalue weighted by atomic mass is 16.4. The van der Waals surface area contributed by atoms with Gasteiger partial charge in [-0.05, 0) is 32.7 Å². The number of amides is 4. The number of carboxylic acids is 1. The first-order valence-electron chi connectivity index (χ1n) is 10.3. The number of aromatic amines is 1. The first-order valence-corrected chi connectivity index (χ1v) is 10.3. The first-order chi connectivity index (χ1) is 15.2. The summed E-state index contributed by atoms with van der Waals surface area (Å²) in [4.78, 5) is 66.7. The maximum atomic E-state index is 12.7. The third kappa shape index (κ3) is 7.65. The Morgan fingerprint density at radius 1 is 1.19 bits per heavy atom. The molecule has 13 heteroatoms. The zero-order chi connectivity index (χ0) is 23.7. The lowest BCUT2D eigenvalue weighted by atomic mass is 10.1. The number of carbonyl (C=O) groups is 5. The summed E-state index contributed by atoms with van der Waals surface area (Å²) in [5.41, 5.74) is 5.68. The van der Waals surface area contributed by atoms with Crippen molar-refractivity contribution in [2.75, 3.05) is 6.54 Å². The van der Waals surface area contributed by atoms with Crippen molar-refractivity contribution in [1.82, 2.24) is 31.2 Å². The standard InChI is InChI=1S/C19H29N7O6/c1-10(16(28)26-14(19(31)32)7-11-8-21-9-23-11)24-18(30)13(4-5-15(20)27)25-17(29)12-3-2-6-22-12/h8-10,12-14,22H,2-7H2,1H3,(H2,20,27)(H,21,23)(H,24,30)(H,25,29)(H,26,28)(H,31,32). The molecule has 1 fully saturated rings. The van der Waals surface area contributed by atoms with Crippen LogP contribution in [0.2, 0.25) is 0 Å². The fourth-order valence-corrected chi connectivity index (χ4v) is 3.23. The number of carbonyl (C=O) groups excluding carboxylic acids is 4. The maximum Gasteiger partial charge on any atom is 0.326 e. The van der Waals surface area contributed by atoms with Crippen molar-refractivity contribution in [3.63, 3.8) is 0 Å². The van der Waals surface area contributed by atoms with E-state index in [1.807, 2.05) is 0 Å². The molecule has 1 saturated heterocycles. The van der Waals surface area contributed by atoms with Gasteiger partial charge in [-0.3, -0.25) is 19.2 Å². The average molecular weight is 451 g/mol. The van der Waals surface area contributed by atoms with Gasteiger partial charge in [-0.1, -0.05) is 0 Å². The predicted octanol–water partition coefficient (Wildman–Crippen LogP) is -2.47. The monoisotopic (exact) mass is 451 g/mol. The van der Waals surface area contributed by atoms with Crippen molar-refractivity contribution in [1.29, 1.82) is 0 Å². The lowest BCUT2D eigenvalue weighted by Crippen LogP contribution is -2.56. The van der Waals surface area contributed by atoms with Crippen molar-refractivity contribution < 1.29 is 29.1 Å². The number of imidazole rings is 1. The molecule has 176 valence electrons. The summed E-state index contributed by atoms with van der Waals surface area (Å²) in [6, 6.07) is -3.84. The van der Waals surface area contributed by atoms with Gasteiger partial charge in [-0.2, -0.15) is 0 Å². The summed E-state index contributed by atoms with van der Waals surface area (Å²) in [6.45, 7) is 2.07. The van der Waals surface area contributed by atoms with E-state index in [1.165, 1.54) is 19.4 Å². The van der Waals surface area contributed by atoms with Crippen LogP contribution in [-0.2, 0) is 30.4 Å². The number of primary amides is 1. The molecule has 2 rings (SSSR count). The van der Waals surface area contributed by atoms with Gasteiger partial charge in [0, 0.05) is 24.7 Å². The number of aliphatic carboxylic acids is 1. The maximum absolute atomic E-state index is 12.7. The normalized spacial score (nSPS) is 18.2. The Morgan fingerprint density at radius 2 is 1.94 bits per heavy atom. The van der Waals surface area contributed by atoms with Crippen LogP contribution in [0.5, 0.6) is 0 Å². The van der Waals surface area contributed by atoms with E-state index in [0.29, 0.717) is 18.7 Å². The number of nitrogens with zero attached hydrogens (tertiary/aromatic N) is 1. The van der Waals surface area contributed by atoms with E-state index in [-0.39, 0.29) is 25.2 Å². The zero-order valence-corrected chi connectivity index (χ0v) is 17.7. The third-order valence-corrected chi connectivity index (χ3v) is 5.03. The number of nitrogens with one attached hydrogen (secondary N) is 5. The van der Waals surface area contributed by atoms with E-state index < -0.39 is 47.9 Å². The molecular formula is C19H29N7O6. The van der Waals surface area contributed by atoms with Crippen LogP contribution >= 0.6 is 0 Å². The van der Waals surface area contributed by atoms with Gasteiger partial charge in [-0.15, -0.1) is 0 Å². The van der Waals surface area contributed by atoms with Crippen LogP contribution in [-0.4, -0.2) is 75.4 Å². The number of nitrogens with two attached hydrogens (primary N) is 1. The van der Waals surface area contributed by atoms with Crippen LogP contribution in [0.3, 0.4) is 0 Å². The van der Waals surface area contributed by atoms with Crippen LogP contribution in [0.1, 0.15) is 38.3 Å². The van der Waals surface area contributed by atoms with E-state index in [2.05, 4.69) is 31.2 Å². The molecule has 1 aliphatic heterocycles. The molecule has 13 nitrogen and oxygen atoms in total. The second-order valence-corrected chi connectivity index (χ2v) is 7.63. The Balaban J connectivity index is 1.96. The summed E-state index contributed by atoms with van der Waals surface area (Å²) in [5.74, 6) is -3.66. The molecule has 4 unspecified atom stereocenters. The summed E-state index contributed by atoms with van der Waals surface area (Å²) in [7, 11) is 0. The molecule has 0 bridgehead atoms. The van der Waals surface area contributed by atoms with Gasteiger partial charge in [0.05, 0.1) is 12.4 Å². The largest absolute Gasteiger partial charge is 0.480 e. The summed E-state index contributed by atoms with van der Waals surface area (Å²) >= 11 is 0. The molecule has 0 radical (unpaired) electrons. The van der Waals surface area contributed by atoms with Gasteiger partial charge < -0.3 is 37.1 Å². The second-order valence-electron chi connectivity index (χ2n) is 7.63. The van der Waals surface area contributed by atoms with E-state index in [4.69, 9.17) is 5.73 Å². The summed E-state index contributed by atoms with van der Waals surface area (Å²) < 4.78 is 0. The Hall–Kier alpha value is -3.48. The molecule has 32 heavy (non-hydrogen) atoms. The first kappa shape index (κ1) is 24.8. The molecule has 4 atom stereocenters. The zero-order valence-electron chi connectivity index (χ0n) is 17.7. The number of carboxylic acid groups (broad SMARTS) is 1. The highest BCUT2D eigenvalue weighted by Crippen LogP contribution is 2.07. The summed E-state index contributed by atoms with van der Waals surface area (Å²) in [6.07, 6.45) is 4.10. The highest BCUT2D eigenvalue weighted by Gasteiger charge is 2.30. The minimum Gasteiger partial charge on any atom is -0.480 e. The Labute approximate surface area is 184 Å². The molecule has 1 aromatic rings. The molecule has 4 amide bonds. The number of aromatic nitrogens is 2. The fourth-order valence-electron chi connectivity index (χ4n) is 3.23. The minimum atomic E-state index is -1.25. The Morgan fingerprint density at radius 3 is 2.50 bits per heavy atom. The number of hydrogen-bond acceptors (Lipinski definition) is 7. The van der Waals surface area contributed by atoms with Crippen LogP contribution in [0.25, 0.3) is 0 Å². The lowest BCUT2D eigenvalue weighted by molar-refractivity contribution is -0.142. The molecule has 8 N–H and O–H groups in total. The molecule has 0 spiro atoms. The summed E-state index contributed by atoms with van der Waals surface area (Å²) in [5, 5.41) is 19.8. The van der Waals surface area contributed by atoms with Crippen LogP contribution in [0.4, 0.5) is 0 Å². The Bertz CT molecular complexity index is 822. The average Bonchev–Trinajstić information content (AvgIpc) is 3.44. The minimum absolute atomic E-state index is 0.0204. The molecule has 1 aromatic heterocycles. The predicted molar refractivity (Wildman–Crippen MR) is 111 cm³/mol. The van der Waals surface area contributed by atoms with Crippen molar-refractivity contribution >= 4 is 29.6 Å². The smallest absolute Gasteiger partial charge is 0.326 e. The van der Waals surface area contributed by atoms with Gasteiger partial charge in [-0.25, -0.2) is 9.78 Å². The van der Waals surface area contributed by atoms with E-state index in [9.17, 15) is 29.1 Å². The second kappa shape index (κ2) is 11.8. The van der Waals surface area contributed by atoms with Crippen LogP contribution in [0.15, 0.2) is 12.5 Å². The lowest BCUT2D eigenvalue weighted by Gasteiger charge is -2.23. The third-order valence-electron chi connectivity index (χ3n) is 5.03. The topological polar surface area (TPSA) is 208 Å². The number of hydrogen-bond donors (Lipinski definition) is 7. The van der Waals surface area contributed by atoms with Crippen molar-refractivity contribution in [2.24, 2.45) is 5.73 Å². The van der Waals surface area contributed by atoms with Crippen LogP contribution < -0.4 is 27.0 Å². The van der Waals surface area contributed by atoms with E-state index in [1.54, 1.807) is 0 Å². The van der Waals surface area contributed by atoms with Crippen molar-refractivity contribution in [2.45, 2.75) is 63.2 Å². The molecule has 1 aliphatic rings. The number of rotatable bonds is 12. The van der Waals surface area contributed by atoms with Crippen molar-refractivity contribution in [3.8, 4) is 0 Å².